The molecule has 0 atom stereocenters. The van der Waals surface area contributed by atoms with E-state index in [1.807, 2.05) is 40.9 Å². The highest BCUT2D eigenvalue weighted by Gasteiger charge is 2.20. The van der Waals surface area contributed by atoms with Crippen LogP contribution in [0.3, 0.4) is 0 Å². The average Bonchev–Trinajstić information content (AvgIpc) is 3.24. The largest absolute Gasteiger partial charge is 0.468 e. The third-order valence-corrected chi connectivity index (χ3v) is 4.04. The van der Waals surface area contributed by atoms with Crippen LogP contribution in [0.2, 0.25) is 0 Å². The highest BCUT2D eigenvalue weighted by atomic mass is 16.3. The number of aryl methyl sites for hydroxylation is 1. The van der Waals surface area contributed by atoms with Gasteiger partial charge in [-0.15, -0.1) is 0 Å². The summed E-state index contributed by atoms with van der Waals surface area (Å²) in [4.78, 5) is 16.4. The highest BCUT2D eigenvalue weighted by Crippen LogP contribution is 2.10. The first-order valence-corrected chi connectivity index (χ1v) is 7.99. The zero-order valence-corrected chi connectivity index (χ0v) is 13.4. The molecule has 6 heteroatoms. The zero-order chi connectivity index (χ0) is 16.1. The van der Waals surface area contributed by atoms with Crippen molar-refractivity contribution in [1.82, 2.24) is 19.6 Å². The SMILES string of the molecule is CCn1cc(/C=C/C(=O)N2CCN(Cc3ccco3)CC2)cn1. The fraction of sp³-hybridized carbons (Fsp3) is 0.412. The summed E-state index contributed by atoms with van der Waals surface area (Å²) >= 11 is 0. The topological polar surface area (TPSA) is 54.5 Å². The van der Waals surface area contributed by atoms with Crippen LogP contribution < -0.4 is 0 Å². The Kier molecular flexibility index (Phi) is 4.92. The van der Waals surface area contributed by atoms with Crippen LogP contribution in [-0.2, 0) is 17.9 Å². The Hall–Kier alpha value is -2.34. The Morgan fingerprint density at radius 1 is 1.35 bits per heavy atom. The minimum Gasteiger partial charge on any atom is -0.468 e. The Labute approximate surface area is 136 Å². The average molecular weight is 314 g/mol. The van der Waals surface area contributed by atoms with Gasteiger partial charge in [0.25, 0.3) is 0 Å². The molecule has 1 aliphatic rings. The predicted octanol–water partition coefficient (Wildman–Crippen LogP) is 1.85. The second kappa shape index (κ2) is 7.28. The lowest BCUT2D eigenvalue weighted by molar-refractivity contribution is -0.127. The monoisotopic (exact) mass is 314 g/mol. The van der Waals surface area contributed by atoms with Gasteiger partial charge in [0.2, 0.25) is 5.91 Å². The fourth-order valence-electron chi connectivity index (χ4n) is 2.66. The lowest BCUT2D eigenvalue weighted by atomic mass is 10.2. The van der Waals surface area contributed by atoms with E-state index in [-0.39, 0.29) is 5.91 Å². The van der Waals surface area contributed by atoms with E-state index in [1.54, 1.807) is 18.5 Å². The van der Waals surface area contributed by atoms with Crippen molar-refractivity contribution in [3.63, 3.8) is 0 Å². The molecule has 3 heterocycles. The van der Waals surface area contributed by atoms with Crippen molar-refractivity contribution in [1.29, 1.82) is 0 Å². The number of carbonyl (C=O) groups excluding carboxylic acids is 1. The number of amides is 1. The van der Waals surface area contributed by atoms with Gasteiger partial charge in [-0.3, -0.25) is 14.4 Å². The molecule has 0 bridgehead atoms. The standard InChI is InChI=1S/C17H22N4O2/c1-2-21-13-15(12-18-21)5-6-17(22)20-9-7-19(8-10-20)14-16-4-3-11-23-16/h3-6,11-13H,2,7-10,14H2,1H3/b6-5+. The predicted molar refractivity (Wildman–Crippen MR) is 87.5 cm³/mol. The number of nitrogens with zero attached hydrogens (tertiary/aromatic N) is 4. The minimum atomic E-state index is 0.0619. The van der Waals surface area contributed by atoms with Crippen LogP contribution in [0.15, 0.2) is 41.3 Å². The van der Waals surface area contributed by atoms with E-state index in [1.165, 1.54) is 0 Å². The number of furan rings is 1. The summed E-state index contributed by atoms with van der Waals surface area (Å²) in [5.41, 5.74) is 0.955. The summed E-state index contributed by atoms with van der Waals surface area (Å²) < 4.78 is 7.21. The molecule has 6 nitrogen and oxygen atoms in total. The Balaban J connectivity index is 1.48. The molecule has 122 valence electrons. The molecule has 1 amide bonds. The number of hydrogen-bond donors (Lipinski definition) is 0. The maximum atomic E-state index is 12.2. The molecule has 2 aromatic rings. The fourth-order valence-corrected chi connectivity index (χ4v) is 2.66. The van der Waals surface area contributed by atoms with Crippen molar-refractivity contribution in [2.45, 2.75) is 20.0 Å². The summed E-state index contributed by atoms with van der Waals surface area (Å²) in [7, 11) is 0. The van der Waals surface area contributed by atoms with E-state index >= 15 is 0 Å². The number of piperazine rings is 1. The molecule has 1 saturated heterocycles. The molecular formula is C17H22N4O2. The van der Waals surface area contributed by atoms with Crippen molar-refractivity contribution in [3.8, 4) is 0 Å². The van der Waals surface area contributed by atoms with Gasteiger partial charge in [-0.1, -0.05) is 0 Å². The molecule has 3 rings (SSSR count). The van der Waals surface area contributed by atoms with Crippen molar-refractivity contribution < 1.29 is 9.21 Å². The summed E-state index contributed by atoms with van der Waals surface area (Å²) in [6.07, 6.45) is 8.87. The van der Waals surface area contributed by atoms with E-state index < -0.39 is 0 Å². The first-order valence-electron chi connectivity index (χ1n) is 7.99. The summed E-state index contributed by atoms with van der Waals surface area (Å²) in [5, 5.41) is 4.20. The van der Waals surface area contributed by atoms with Gasteiger partial charge in [0.1, 0.15) is 5.76 Å². The highest BCUT2D eigenvalue weighted by molar-refractivity contribution is 5.91. The van der Waals surface area contributed by atoms with Gasteiger partial charge < -0.3 is 9.32 Å². The van der Waals surface area contributed by atoms with Crippen molar-refractivity contribution in [3.05, 3.63) is 48.2 Å². The van der Waals surface area contributed by atoms with E-state index in [2.05, 4.69) is 10.00 Å². The molecule has 0 aromatic carbocycles. The molecule has 0 unspecified atom stereocenters. The molecule has 0 spiro atoms. The Bertz CT molecular complexity index is 652. The number of aromatic nitrogens is 2. The summed E-state index contributed by atoms with van der Waals surface area (Å²) in [6.45, 7) is 6.91. The molecule has 0 N–H and O–H groups in total. The Morgan fingerprint density at radius 2 is 2.17 bits per heavy atom. The second-order valence-corrected chi connectivity index (χ2v) is 5.64. The maximum Gasteiger partial charge on any atom is 0.246 e. The maximum absolute atomic E-state index is 12.2. The Morgan fingerprint density at radius 3 is 2.83 bits per heavy atom. The van der Waals surface area contributed by atoms with Crippen LogP contribution in [0, 0.1) is 0 Å². The lowest BCUT2D eigenvalue weighted by Crippen LogP contribution is -2.47. The van der Waals surface area contributed by atoms with Crippen molar-refractivity contribution >= 4 is 12.0 Å². The number of rotatable bonds is 5. The second-order valence-electron chi connectivity index (χ2n) is 5.64. The smallest absolute Gasteiger partial charge is 0.246 e. The molecule has 1 fully saturated rings. The summed E-state index contributed by atoms with van der Waals surface area (Å²) in [6, 6.07) is 3.89. The number of carbonyl (C=O) groups is 1. The molecule has 0 radical (unpaired) electrons. The quantitative estimate of drug-likeness (QED) is 0.791. The lowest BCUT2D eigenvalue weighted by Gasteiger charge is -2.33. The third kappa shape index (κ3) is 4.10. The molecule has 23 heavy (non-hydrogen) atoms. The van der Waals surface area contributed by atoms with Gasteiger partial charge in [-0.05, 0) is 25.1 Å². The first kappa shape index (κ1) is 15.6. The molecule has 0 aliphatic carbocycles. The van der Waals surface area contributed by atoms with Crippen LogP contribution in [-0.4, -0.2) is 51.7 Å². The van der Waals surface area contributed by atoms with E-state index in [0.717, 1.165) is 50.6 Å². The normalized spacial score (nSPS) is 16.3. The van der Waals surface area contributed by atoms with Gasteiger partial charge in [0, 0.05) is 50.6 Å². The molecule has 1 aliphatic heterocycles. The molecule has 2 aromatic heterocycles. The first-order chi connectivity index (χ1) is 11.2. The molecule has 0 saturated carbocycles. The van der Waals surface area contributed by atoms with Gasteiger partial charge in [-0.25, -0.2) is 0 Å². The molecular weight excluding hydrogens is 292 g/mol. The number of hydrogen-bond acceptors (Lipinski definition) is 4. The van der Waals surface area contributed by atoms with Gasteiger partial charge in [0.05, 0.1) is 19.0 Å². The van der Waals surface area contributed by atoms with Gasteiger partial charge >= 0.3 is 0 Å². The zero-order valence-electron chi connectivity index (χ0n) is 13.4. The van der Waals surface area contributed by atoms with Crippen LogP contribution in [0.1, 0.15) is 18.2 Å². The van der Waals surface area contributed by atoms with Crippen molar-refractivity contribution in [2.75, 3.05) is 26.2 Å². The van der Waals surface area contributed by atoms with Crippen LogP contribution in [0.5, 0.6) is 0 Å². The third-order valence-electron chi connectivity index (χ3n) is 4.04. The van der Waals surface area contributed by atoms with Crippen LogP contribution >= 0.6 is 0 Å². The summed E-state index contributed by atoms with van der Waals surface area (Å²) in [5.74, 6) is 1.03. The van der Waals surface area contributed by atoms with Crippen LogP contribution in [0.4, 0.5) is 0 Å². The van der Waals surface area contributed by atoms with Gasteiger partial charge in [0.15, 0.2) is 0 Å². The minimum absolute atomic E-state index is 0.0619. The van der Waals surface area contributed by atoms with Crippen molar-refractivity contribution in [2.24, 2.45) is 0 Å². The van der Waals surface area contributed by atoms with E-state index in [9.17, 15) is 4.79 Å². The van der Waals surface area contributed by atoms with E-state index in [4.69, 9.17) is 4.42 Å². The van der Waals surface area contributed by atoms with Gasteiger partial charge in [-0.2, -0.15) is 5.10 Å². The van der Waals surface area contributed by atoms with Crippen LogP contribution in [0.25, 0.3) is 6.08 Å². The van der Waals surface area contributed by atoms with E-state index in [0.29, 0.717) is 0 Å².